The molecular formula is C71H116O6. The standard InChI is InChI=1S/C71H116O6/c1-4-7-10-13-16-19-22-25-27-29-31-33-34-35-36-38-39-41-43-46-49-52-55-58-61-64-70(73)76-67-68(66-75-69(72)63-60-57-54-51-48-45-24-21-18-15-12-9-6-3)77-71(74)65-62-59-56-53-50-47-44-42-40-37-32-30-28-26-23-20-17-14-11-8-5-2/h7-8,10-11,16-17,19-21,24-28,31-33,35-37,39,41,68H,4-6,9,12-15,18,22-23,29-30,34,38,40,42-67H2,1-3H3/b10-7-,11-8-,19-16-,20-17-,24-21-,27-25-,28-26-,33-31-,36-35-,37-32-,41-39-. The van der Waals surface area contributed by atoms with Gasteiger partial charge >= 0.3 is 17.9 Å². The summed E-state index contributed by atoms with van der Waals surface area (Å²) in [6.07, 6.45) is 90.2. The Labute approximate surface area is 475 Å². The molecule has 0 aromatic carbocycles. The summed E-state index contributed by atoms with van der Waals surface area (Å²) in [7, 11) is 0. The molecule has 0 aromatic heterocycles. The molecule has 1 atom stereocenters. The SMILES string of the molecule is CC/C=C\C/C=C\C/C=C\C/C=C\C/C=C\C/C=C\CCCCCCCCC(=O)OCC(COC(=O)CCCCCCC/C=C\CCCCCC)OC(=O)CCCCCCCCCC/C=C\C/C=C\C/C=C\C/C=C\CC. The van der Waals surface area contributed by atoms with E-state index in [1.807, 2.05) is 0 Å². The summed E-state index contributed by atoms with van der Waals surface area (Å²) >= 11 is 0. The molecule has 0 bridgehead atoms. The molecule has 0 aromatic rings. The van der Waals surface area contributed by atoms with Gasteiger partial charge in [0.2, 0.25) is 0 Å². The molecule has 0 rings (SSSR count). The minimum absolute atomic E-state index is 0.0938. The predicted molar refractivity (Wildman–Crippen MR) is 334 cm³/mol. The summed E-state index contributed by atoms with van der Waals surface area (Å²) in [5, 5.41) is 0. The first-order chi connectivity index (χ1) is 38.0. The van der Waals surface area contributed by atoms with E-state index in [0.29, 0.717) is 19.3 Å². The van der Waals surface area contributed by atoms with Crippen LogP contribution in [-0.4, -0.2) is 37.2 Å². The van der Waals surface area contributed by atoms with Crippen molar-refractivity contribution >= 4 is 17.9 Å². The lowest BCUT2D eigenvalue weighted by Gasteiger charge is -2.18. The highest BCUT2D eigenvalue weighted by atomic mass is 16.6. The molecule has 0 aliphatic heterocycles. The quantitative estimate of drug-likeness (QED) is 0.0261. The Hall–Kier alpha value is -4.45. The fraction of sp³-hybridized carbons (Fsp3) is 0.648. The molecule has 0 heterocycles. The van der Waals surface area contributed by atoms with Crippen LogP contribution >= 0.6 is 0 Å². The van der Waals surface area contributed by atoms with Crippen molar-refractivity contribution < 1.29 is 28.6 Å². The zero-order valence-electron chi connectivity index (χ0n) is 49.9. The van der Waals surface area contributed by atoms with Gasteiger partial charge in [-0.1, -0.05) is 257 Å². The average Bonchev–Trinajstić information content (AvgIpc) is 3.43. The zero-order valence-corrected chi connectivity index (χ0v) is 49.9. The highest BCUT2D eigenvalue weighted by Gasteiger charge is 2.19. The monoisotopic (exact) mass is 1060 g/mol. The third-order valence-corrected chi connectivity index (χ3v) is 13.1. The van der Waals surface area contributed by atoms with E-state index in [9.17, 15) is 14.4 Å². The zero-order chi connectivity index (χ0) is 55.7. The second-order valence-corrected chi connectivity index (χ2v) is 20.5. The van der Waals surface area contributed by atoms with Crippen LogP contribution in [0.25, 0.3) is 0 Å². The van der Waals surface area contributed by atoms with E-state index in [-0.39, 0.29) is 31.1 Å². The number of rotatable bonds is 56. The minimum atomic E-state index is -0.798. The molecule has 0 N–H and O–H groups in total. The van der Waals surface area contributed by atoms with E-state index in [0.717, 1.165) is 154 Å². The van der Waals surface area contributed by atoms with E-state index in [4.69, 9.17) is 14.2 Å². The molecule has 0 aliphatic rings. The molecular weight excluding hydrogens is 949 g/mol. The summed E-state index contributed by atoms with van der Waals surface area (Å²) in [6, 6.07) is 0. The molecule has 0 aliphatic carbocycles. The Morgan fingerprint density at radius 2 is 0.506 bits per heavy atom. The van der Waals surface area contributed by atoms with Gasteiger partial charge in [0.15, 0.2) is 6.10 Å². The number of ether oxygens (including phenoxy) is 3. The molecule has 0 radical (unpaired) electrons. The van der Waals surface area contributed by atoms with E-state index < -0.39 is 6.10 Å². The number of hydrogen-bond donors (Lipinski definition) is 0. The smallest absolute Gasteiger partial charge is 0.306 e. The summed E-state index contributed by atoms with van der Waals surface area (Å²) in [5.74, 6) is -0.923. The lowest BCUT2D eigenvalue weighted by molar-refractivity contribution is -0.167. The van der Waals surface area contributed by atoms with Gasteiger partial charge in [-0.25, -0.2) is 0 Å². The van der Waals surface area contributed by atoms with E-state index in [1.54, 1.807) is 0 Å². The highest BCUT2D eigenvalue weighted by molar-refractivity contribution is 5.71. The molecule has 436 valence electrons. The molecule has 77 heavy (non-hydrogen) atoms. The molecule has 0 saturated heterocycles. The second-order valence-electron chi connectivity index (χ2n) is 20.5. The van der Waals surface area contributed by atoms with Crippen molar-refractivity contribution in [3.8, 4) is 0 Å². The summed E-state index contributed by atoms with van der Waals surface area (Å²) in [4.78, 5) is 38.3. The van der Waals surface area contributed by atoms with Crippen LogP contribution in [0.5, 0.6) is 0 Å². The predicted octanol–water partition coefficient (Wildman–Crippen LogP) is 21.8. The van der Waals surface area contributed by atoms with Crippen LogP contribution in [0.4, 0.5) is 0 Å². The maximum atomic E-state index is 12.9. The minimum Gasteiger partial charge on any atom is -0.462 e. The van der Waals surface area contributed by atoms with Crippen LogP contribution < -0.4 is 0 Å². The van der Waals surface area contributed by atoms with Gasteiger partial charge in [0, 0.05) is 19.3 Å². The third kappa shape index (κ3) is 62.3. The van der Waals surface area contributed by atoms with E-state index >= 15 is 0 Å². The number of carbonyl (C=O) groups excluding carboxylic acids is 3. The van der Waals surface area contributed by atoms with Crippen LogP contribution in [0.1, 0.15) is 278 Å². The highest BCUT2D eigenvalue weighted by Crippen LogP contribution is 2.15. The Bertz CT molecular complexity index is 1650. The van der Waals surface area contributed by atoms with Crippen molar-refractivity contribution in [1.29, 1.82) is 0 Å². The summed E-state index contributed by atoms with van der Waals surface area (Å²) in [5.41, 5.74) is 0. The van der Waals surface area contributed by atoms with Gasteiger partial charge in [-0.3, -0.25) is 14.4 Å². The van der Waals surface area contributed by atoms with Gasteiger partial charge in [0.05, 0.1) is 0 Å². The van der Waals surface area contributed by atoms with Crippen LogP contribution in [0, 0.1) is 0 Å². The molecule has 6 heteroatoms. The van der Waals surface area contributed by atoms with Gasteiger partial charge in [0.1, 0.15) is 13.2 Å². The van der Waals surface area contributed by atoms with Crippen molar-refractivity contribution in [2.75, 3.05) is 13.2 Å². The first-order valence-electron chi connectivity index (χ1n) is 31.7. The van der Waals surface area contributed by atoms with Gasteiger partial charge in [-0.2, -0.15) is 0 Å². The molecule has 6 nitrogen and oxygen atoms in total. The summed E-state index contributed by atoms with van der Waals surface area (Å²) < 4.78 is 16.9. The van der Waals surface area contributed by atoms with Gasteiger partial charge in [-0.05, 0) is 135 Å². The Morgan fingerprint density at radius 1 is 0.273 bits per heavy atom. The first kappa shape index (κ1) is 72.5. The average molecular weight is 1070 g/mol. The molecule has 0 spiro atoms. The lowest BCUT2D eigenvalue weighted by Crippen LogP contribution is -2.30. The molecule has 0 amide bonds. The number of unbranched alkanes of at least 4 members (excludes halogenated alkanes) is 23. The maximum absolute atomic E-state index is 12.9. The second kappa shape index (κ2) is 64.1. The number of allylic oxidation sites excluding steroid dienone is 22. The van der Waals surface area contributed by atoms with Crippen molar-refractivity contribution in [2.45, 2.75) is 284 Å². The molecule has 0 saturated carbocycles. The largest absolute Gasteiger partial charge is 0.462 e. The topological polar surface area (TPSA) is 78.9 Å². The van der Waals surface area contributed by atoms with Gasteiger partial charge < -0.3 is 14.2 Å². The van der Waals surface area contributed by atoms with Crippen LogP contribution in [0.3, 0.4) is 0 Å². The molecule has 0 fully saturated rings. The van der Waals surface area contributed by atoms with Gasteiger partial charge in [0.25, 0.3) is 0 Å². The number of hydrogen-bond acceptors (Lipinski definition) is 6. The van der Waals surface area contributed by atoms with Gasteiger partial charge in [-0.15, -0.1) is 0 Å². The van der Waals surface area contributed by atoms with Crippen molar-refractivity contribution in [1.82, 2.24) is 0 Å². The van der Waals surface area contributed by atoms with E-state index in [1.165, 1.54) is 83.5 Å². The molecule has 1 unspecified atom stereocenters. The van der Waals surface area contributed by atoms with Crippen LogP contribution in [-0.2, 0) is 28.6 Å². The number of esters is 3. The first-order valence-corrected chi connectivity index (χ1v) is 31.7. The fourth-order valence-corrected chi connectivity index (χ4v) is 8.43. The number of carbonyl (C=O) groups is 3. The lowest BCUT2D eigenvalue weighted by atomic mass is 10.1. The van der Waals surface area contributed by atoms with Crippen LogP contribution in [0.2, 0.25) is 0 Å². The van der Waals surface area contributed by atoms with E-state index in [2.05, 4.69) is 154 Å². The maximum Gasteiger partial charge on any atom is 0.306 e. The van der Waals surface area contributed by atoms with Crippen molar-refractivity contribution in [3.05, 3.63) is 134 Å². The van der Waals surface area contributed by atoms with Crippen molar-refractivity contribution in [2.24, 2.45) is 0 Å². The summed E-state index contributed by atoms with van der Waals surface area (Å²) in [6.45, 7) is 6.38. The Balaban J connectivity index is 4.41. The normalized spacial score (nSPS) is 13.0. The Kier molecular flexibility index (Phi) is 60.4. The third-order valence-electron chi connectivity index (χ3n) is 13.1. The van der Waals surface area contributed by atoms with Crippen LogP contribution in [0.15, 0.2) is 134 Å². The van der Waals surface area contributed by atoms with Crippen molar-refractivity contribution in [3.63, 3.8) is 0 Å². The fourth-order valence-electron chi connectivity index (χ4n) is 8.43. The Morgan fingerprint density at radius 3 is 0.805 bits per heavy atom.